The summed E-state index contributed by atoms with van der Waals surface area (Å²) >= 11 is 5.74. The van der Waals surface area contributed by atoms with Gasteiger partial charge in [0.2, 0.25) is 0 Å². The van der Waals surface area contributed by atoms with E-state index < -0.39 is 4.92 Å². The first-order chi connectivity index (χ1) is 11.6. The molecule has 1 unspecified atom stereocenters. The van der Waals surface area contributed by atoms with E-state index in [0.29, 0.717) is 30.6 Å². The molecule has 0 spiro atoms. The van der Waals surface area contributed by atoms with Gasteiger partial charge < -0.3 is 14.8 Å². The molecule has 1 atom stereocenters. The molecule has 1 fully saturated rings. The number of aromatic nitrogens is 1. The fourth-order valence-electron chi connectivity index (χ4n) is 2.03. The highest BCUT2D eigenvalue weighted by Gasteiger charge is 2.13. The topological polar surface area (TPSA) is 111 Å². The smallest absolute Gasteiger partial charge is 0.275 e. The number of ether oxygens (including phenoxy) is 2. The summed E-state index contributed by atoms with van der Waals surface area (Å²) in [5, 5.41) is 14.1. The van der Waals surface area contributed by atoms with Crippen molar-refractivity contribution in [3.05, 3.63) is 45.5 Å². The minimum Gasteiger partial charge on any atom is -0.363 e. The molecule has 0 aromatic carbocycles. The Morgan fingerprint density at radius 1 is 1.54 bits per heavy atom. The lowest BCUT2D eigenvalue weighted by Gasteiger charge is -2.22. The molecular weight excluding hydrogens is 338 g/mol. The van der Waals surface area contributed by atoms with E-state index in [1.807, 2.05) is 0 Å². The molecule has 2 rings (SSSR count). The number of pyridine rings is 1. The maximum Gasteiger partial charge on any atom is 0.275 e. The van der Waals surface area contributed by atoms with Gasteiger partial charge in [-0.2, -0.15) is 0 Å². The molecule has 1 aromatic rings. The van der Waals surface area contributed by atoms with Crippen LogP contribution in [0.25, 0.3) is 0 Å². The monoisotopic (exact) mass is 357 g/mol. The third-order valence-corrected chi connectivity index (χ3v) is 3.37. The molecule has 0 saturated carbocycles. The van der Waals surface area contributed by atoms with Crippen LogP contribution in [0, 0.1) is 10.1 Å². The van der Waals surface area contributed by atoms with E-state index in [1.165, 1.54) is 6.20 Å². The van der Waals surface area contributed by atoms with Crippen LogP contribution in [-0.4, -0.2) is 36.0 Å². The Labute approximate surface area is 144 Å². The zero-order valence-corrected chi connectivity index (χ0v) is 13.8. The van der Waals surface area contributed by atoms with Crippen LogP contribution >= 0.6 is 11.6 Å². The number of nitrogens with one attached hydrogen (secondary N) is 3. The molecule has 9 nitrogen and oxygen atoms in total. The molecule has 1 aliphatic heterocycles. The minimum atomic E-state index is -0.558. The normalized spacial score (nSPS) is 18.0. The van der Waals surface area contributed by atoms with Crippen molar-refractivity contribution < 1.29 is 14.4 Å². The molecule has 2 heterocycles. The SMILES string of the molecule is O=[N+]([O-])/C=C(/NCCOC1CCCCO1)NNc1ccc(Cl)cn1. The van der Waals surface area contributed by atoms with Crippen molar-refractivity contribution in [2.24, 2.45) is 0 Å². The van der Waals surface area contributed by atoms with E-state index in [1.54, 1.807) is 12.1 Å². The molecule has 0 bridgehead atoms. The summed E-state index contributed by atoms with van der Waals surface area (Å²) in [5.41, 5.74) is 5.44. The van der Waals surface area contributed by atoms with Crippen molar-refractivity contribution >= 4 is 17.4 Å². The molecule has 24 heavy (non-hydrogen) atoms. The van der Waals surface area contributed by atoms with E-state index >= 15 is 0 Å². The lowest BCUT2D eigenvalue weighted by molar-refractivity contribution is -0.404. The summed E-state index contributed by atoms with van der Waals surface area (Å²) in [4.78, 5) is 14.1. The van der Waals surface area contributed by atoms with Crippen molar-refractivity contribution in [2.45, 2.75) is 25.6 Å². The van der Waals surface area contributed by atoms with Gasteiger partial charge in [-0.15, -0.1) is 0 Å². The molecule has 0 amide bonds. The van der Waals surface area contributed by atoms with Gasteiger partial charge in [0.25, 0.3) is 6.20 Å². The predicted octanol–water partition coefficient (Wildman–Crippen LogP) is 1.86. The number of nitrogens with zero attached hydrogens (tertiary/aromatic N) is 2. The first-order valence-electron chi connectivity index (χ1n) is 7.59. The molecule has 10 heteroatoms. The van der Waals surface area contributed by atoms with Crippen molar-refractivity contribution in [1.29, 1.82) is 0 Å². The Morgan fingerprint density at radius 2 is 2.42 bits per heavy atom. The van der Waals surface area contributed by atoms with Crippen LogP contribution in [0.2, 0.25) is 5.02 Å². The molecule has 1 aliphatic rings. The van der Waals surface area contributed by atoms with Gasteiger partial charge in [-0.05, 0) is 31.4 Å². The van der Waals surface area contributed by atoms with Crippen molar-refractivity contribution in [3.63, 3.8) is 0 Å². The molecule has 1 aromatic heterocycles. The van der Waals surface area contributed by atoms with Gasteiger partial charge in [-0.25, -0.2) is 4.98 Å². The second-order valence-corrected chi connectivity index (χ2v) is 5.47. The van der Waals surface area contributed by atoms with Crippen LogP contribution in [0.1, 0.15) is 19.3 Å². The maximum absolute atomic E-state index is 10.7. The Balaban J connectivity index is 1.73. The number of halogens is 1. The number of hydrogen-bond acceptors (Lipinski definition) is 8. The summed E-state index contributed by atoms with van der Waals surface area (Å²) in [7, 11) is 0. The molecular formula is C14H20ClN5O4. The highest BCUT2D eigenvalue weighted by molar-refractivity contribution is 6.30. The Hall–Kier alpha value is -2.10. The average molecular weight is 358 g/mol. The number of hydrazine groups is 1. The Kier molecular flexibility index (Phi) is 7.53. The zero-order chi connectivity index (χ0) is 17.2. The van der Waals surface area contributed by atoms with Gasteiger partial charge in [0, 0.05) is 19.3 Å². The van der Waals surface area contributed by atoms with Crippen molar-refractivity contribution in [3.8, 4) is 0 Å². The number of anilines is 1. The molecule has 1 saturated heterocycles. The largest absolute Gasteiger partial charge is 0.363 e. The quantitative estimate of drug-likeness (QED) is 0.349. The van der Waals surface area contributed by atoms with Gasteiger partial charge in [-0.1, -0.05) is 11.6 Å². The van der Waals surface area contributed by atoms with E-state index in [2.05, 4.69) is 21.2 Å². The van der Waals surface area contributed by atoms with Gasteiger partial charge in [-0.3, -0.25) is 21.0 Å². The van der Waals surface area contributed by atoms with Crippen LogP contribution in [0.5, 0.6) is 0 Å². The highest BCUT2D eigenvalue weighted by Crippen LogP contribution is 2.13. The van der Waals surface area contributed by atoms with Crippen LogP contribution in [0.3, 0.4) is 0 Å². The molecule has 3 N–H and O–H groups in total. The van der Waals surface area contributed by atoms with Crippen LogP contribution < -0.4 is 16.2 Å². The fourth-order valence-corrected chi connectivity index (χ4v) is 2.14. The van der Waals surface area contributed by atoms with E-state index in [-0.39, 0.29) is 12.1 Å². The number of nitro groups is 1. The van der Waals surface area contributed by atoms with Crippen LogP contribution in [-0.2, 0) is 9.47 Å². The number of rotatable bonds is 9. The predicted molar refractivity (Wildman–Crippen MR) is 88.6 cm³/mol. The molecule has 0 radical (unpaired) electrons. The third kappa shape index (κ3) is 6.99. The summed E-state index contributed by atoms with van der Waals surface area (Å²) in [6.07, 6.45) is 5.12. The van der Waals surface area contributed by atoms with Crippen molar-refractivity contribution in [2.75, 3.05) is 25.2 Å². The standard InChI is InChI=1S/C14H20ClN5O4/c15-11-4-5-12(17-9-11)18-19-13(10-20(21)22)16-6-8-24-14-3-1-2-7-23-14/h4-5,9-10,14,16,19H,1-3,6-8H2,(H,17,18)/b13-10-. The van der Waals surface area contributed by atoms with Crippen LogP contribution in [0.15, 0.2) is 30.4 Å². The van der Waals surface area contributed by atoms with E-state index in [9.17, 15) is 10.1 Å². The summed E-state index contributed by atoms with van der Waals surface area (Å²) < 4.78 is 11.0. The lowest BCUT2D eigenvalue weighted by atomic mass is 10.2. The third-order valence-electron chi connectivity index (χ3n) is 3.15. The van der Waals surface area contributed by atoms with Crippen molar-refractivity contribution in [1.82, 2.24) is 15.7 Å². The summed E-state index contributed by atoms with van der Waals surface area (Å²) in [5.74, 6) is 0.659. The summed E-state index contributed by atoms with van der Waals surface area (Å²) in [6, 6.07) is 3.30. The Bertz CT molecular complexity index is 549. The Morgan fingerprint density at radius 3 is 3.08 bits per heavy atom. The lowest BCUT2D eigenvalue weighted by Crippen LogP contribution is -2.34. The van der Waals surface area contributed by atoms with Gasteiger partial charge in [0.15, 0.2) is 12.1 Å². The molecule has 0 aliphatic carbocycles. The summed E-state index contributed by atoms with van der Waals surface area (Å²) in [6.45, 7) is 1.48. The first-order valence-corrected chi connectivity index (χ1v) is 7.97. The fraction of sp³-hybridized carbons (Fsp3) is 0.500. The zero-order valence-electron chi connectivity index (χ0n) is 13.0. The van der Waals surface area contributed by atoms with Gasteiger partial charge in [0.1, 0.15) is 5.82 Å². The van der Waals surface area contributed by atoms with E-state index in [4.69, 9.17) is 21.1 Å². The highest BCUT2D eigenvalue weighted by atomic mass is 35.5. The van der Waals surface area contributed by atoms with Gasteiger partial charge in [0.05, 0.1) is 16.6 Å². The van der Waals surface area contributed by atoms with E-state index in [0.717, 1.165) is 25.5 Å². The number of hydrogen-bond donors (Lipinski definition) is 3. The first kappa shape index (κ1) is 18.2. The van der Waals surface area contributed by atoms with Crippen LogP contribution in [0.4, 0.5) is 5.82 Å². The van der Waals surface area contributed by atoms with Gasteiger partial charge >= 0.3 is 0 Å². The average Bonchev–Trinajstić information content (AvgIpc) is 2.58. The maximum atomic E-state index is 10.7. The minimum absolute atomic E-state index is 0.185. The molecule has 132 valence electrons. The second-order valence-electron chi connectivity index (χ2n) is 5.03. The second kappa shape index (κ2) is 9.91.